The minimum Gasteiger partial charge on any atom is -0.497 e. The van der Waals surface area contributed by atoms with Crippen molar-refractivity contribution in [3.8, 4) is 11.5 Å². The van der Waals surface area contributed by atoms with E-state index in [2.05, 4.69) is 0 Å². The first kappa shape index (κ1) is 15.8. The Labute approximate surface area is 116 Å². The van der Waals surface area contributed by atoms with E-state index >= 15 is 0 Å². The van der Waals surface area contributed by atoms with E-state index in [4.69, 9.17) is 9.47 Å². The fourth-order valence-corrected chi connectivity index (χ4v) is 1.80. The lowest BCUT2D eigenvalue weighted by Crippen LogP contribution is -2.51. The molecule has 1 aromatic rings. The molecule has 0 saturated carbocycles. The second-order valence-electron chi connectivity index (χ2n) is 4.22. The summed E-state index contributed by atoms with van der Waals surface area (Å²) in [4.78, 5) is 22.6. The molecule has 0 bridgehead atoms. The fraction of sp³-hybridized carbons (Fsp3) is 0.429. The van der Waals surface area contributed by atoms with Crippen LogP contribution in [0.5, 0.6) is 11.5 Å². The second-order valence-corrected chi connectivity index (χ2v) is 4.22. The zero-order chi connectivity index (χ0) is 15.3. The topological polar surface area (TPSA) is 93.1 Å². The molecule has 0 spiro atoms. The summed E-state index contributed by atoms with van der Waals surface area (Å²) < 4.78 is 10.4. The first-order chi connectivity index (χ1) is 9.41. The zero-order valence-electron chi connectivity index (χ0n) is 11.7. The van der Waals surface area contributed by atoms with E-state index in [1.54, 1.807) is 12.1 Å². The summed E-state index contributed by atoms with van der Waals surface area (Å²) >= 11 is 0. The highest BCUT2D eigenvalue weighted by Crippen LogP contribution is 2.29. The van der Waals surface area contributed by atoms with Gasteiger partial charge in [-0.15, -0.1) is 0 Å². The SMILES string of the molecule is CCc1cc(OC)ccc1OC(CC)(C(=O)O)C(=O)O. The van der Waals surface area contributed by atoms with Crippen molar-refractivity contribution >= 4 is 11.9 Å². The molecule has 0 aliphatic heterocycles. The van der Waals surface area contributed by atoms with Gasteiger partial charge in [0.05, 0.1) is 7.11 Å². The summed E-state index contributed by atoms with van der Waals surface area (Å²) in [5.74, 6) is -2.21. The number of hydrogen-bond donors (Lipinski definition) is 2. The van der Waals surface area contributed by atoms with Gasteiger partial charge in [-0.25, -0.2) is 9.59 Å². The number of carboxylic acid groups (broad SMARTS) is 2. The van der Waals surface area contributed by atoms with Crippen LogP contribution < -0.4 is 9.47 Å². The van der Waals surface area contributed by atoms with Gasteiger partial charge in [0.1, 0.15) is 11.5 Å². The molecule has 0 aliphatic carbocycles. The van der Waals surface area contributed by atoms with Crippen LogP contribution in [0.4, 0.5) is 0 Å². The van der Waals surface area contributed by atoms with Gasteiger partial charge in [-0.05, 0) is 30.2 Å². The second kappa shape index (κ2) is 6.27. The lowest BCUT2D eigenvalue weighted by atomic mass is 10.0. The summed E-state index contributed by atoms with van der Waals surface area (Å²) in [7, 11) is 1.51. The summed E-state index contributed by atoms with van der Waals surface area (Å²) in [6, 6.07) is 4.81. The third-order valence-corrected chi connectivity index (χ3v) is 3.12. The van der Waals surface area contributed by atoms with Crippen molar-refractivity contribution < 1.29 is 29.3 Å². The van der Waals surface area contributed by atoms with Crippen molar-refractivity contribution in [1.82, 2.24) is 0 Å². The Morgan fingerprint density at radius 3 is 2.20 bits per heavy atom. The summed E-state index contributed by atoms with van der Waals surface area (Å²) in [5, 5.41) is 18.4. The van der Waals surface area contributed by atoms with Crippen molar-refractivity contribution in [2.24, 2.45) is 0 Å². The maximum atomic E-state index is 11.3. The van der Waals surface area contributed by atoms with E-state index in [0.717, 1.165) is 0 Å². The quantitative estimate of drug-likeness (QED) is 0.742. The van der Waals surface area contributed by atoms with Crippen molar-refractivity contribution in [1.29, 1.82) is 0 Å². The minimum atomic E-state index is -2.28. The number of methoxy groups -OCH3 is 1. The Morgan fingerprint density at radius 1 is 1.20 bits per heavy atom. The van der Waals surface area contributed by atoms with E-state index in [9.17, 15) is 19.8 Å². The van der Waals surface area contributed by atoms with Gasteiger partial charge in [-0.2, -0.15) is 0 Å². The van der Waals surface area contributed by atoms with Gasteiger partial charge in [0, 0.05) is 6.42 Å². The Bertz CT molecular complexity index is 494. The Hall–Kier alpha value is -2.24. The molecule has 6 nitrogen and oxygen atoms in total. The van der Waals surface area contributed by atoms with E-state index < -0.39 is 17.5 Å². The van der Waals surface area contributed by atoms with Crippen LogP contribution in [0, 0.1) is 0 Å². The third kappa shape index (κ3) is 2.84. The largest absolute Gasteiger partial charge is 0.497 e. The van der Waals surface area contributed by atoms with Crippen LogP contribution in [0.2, 0.25) is 0 Å². The molecule has 0 radical (unpaired) electrons. The maximum Gasteiger partial charge on any atom is 0.360 e. The molecule has 110 valence electrons. The molecule has 1 aromatic carbocycles. The number of hydrogen-bond acceptors (Lipinski definition) is 4. The fourth-order valence-electron chi connectivity index (χ4n) is 1.80. The first-order valence-corrected chi connectivity index (χ1v) is 6.24. The Kier molecular flexibility index (Phi) is 4.96. The van der Waals surface area contributed by atoms with Gasteiger partial charge >= 0.3 is 11.9 Å². The number of ether oxygens (including phenoxy) is 2. The van der Waals surface area contributed by atoms with Crippen LogP contribution in [0.1, 0.15) is 25.8 Å². The number of carboxylic acids is 2. The molecule has 20 heavy (non-hydrogen) atoms. The normalized spacial score (nSPS) is 10.9. The van der Waals surface area contributed by atoms with E-state index in [-0.39, 0.29) is 12.2 Å². The maximum absolute atomic E-state index is 11.3. The monoisotopic (exact) mass is 282 g/mol. The van der Waals surface area contributed by atoms with Crippen LogP contribution in [-0.2, 0) is 16.0 Å². The molecule has 0 heterocycles. The van der Waals surface area contributed by atoms with Gasteiger partial charge in [-0.3, -0.25) is 0 Å². The summed E-state index contributed by atoms with van der Waals surface area (Å²) in [6.45, 7) is 3.31. The van der Waals surface area contributed by atoms with Crippen molar-refractivity contribution in [3.05, 3.63) is 23.8 Å². The molecule has 0 aliphatic rings. The average Bonchev–Trinajstić information content (AvgIpc) is 2.43. The zero-order valence-corrected chi connectivity index (χ0v) is 11.7. The number of benzene rings is 1. The summed E-state index contributed by atoms with van der Waals surface area (Å²) in [6.07, 6.45) is 0.373. The minimum absolute atomic E-state index is 0.188. The van der Waals surface area contributed by atoms with Crippen LogP contribution in [0.15, 0.2) is 18.2 Å². The van der Waals surface area contributed by atoms with Crippen molar-refractivity contribution in [2.75, 3.05) is 7.11 Å². The van der Waals surface area contributed by atoms with Gasteiger partial charge in [-0.1, -0.05) is 13.8 Å². The highest BCUT2D eigenvalue weighted by molar-refractivity contribution is 6.02. The molecular weight excluding hydrogens is 264 g/mol. The molecule has 0 unspecified atom stereocenters. The molecule has 0 fully saturated rings. The van der Waals surface area contributed by atoms with E-state index in [1.165, 1.54) is 20.1 Å². The lowest BCUT2D eigenvalue weighted by molar-refractivity contribution is -0.172. The predicted molar refractivity (Wildman–Crippen MR) is 71.3 cm³/mol. The van der Waals surface area contributed by atoms with Crippen molar-refractivity contribution in [3.63, 3.8) is 0 Å². The van der Waals surface area contributed by atoms with Crippen LogP contribution in [-0.4, -0.2) is 34.9 Å². The molecule has 0 atom stereocenters. The Balaban J connectivity index is 3.24. The smallest absolute Gasteiger partial charge is 0.360 e. The first-order valence-electron chi connectivity index (χ1n) is 6.24. The van der Waals surface area contributed by atoms with E-state index in [0.29, 0.717) is 17.7 Å². The molecule has 2 N–H and O–H groups in total. The molecule has 0 amide bonds. The van der Waals surface area contributed by atoms with Gasteiger partial charge in [0.25, 0.3) is 5.60 Å². The number of rotatable bonds is 7. The number of aryl methyl sites for hydroxylation is 1. The molecule has 1 rings (SSSR count). The molecular formula is C14H18O6. The van der Waals surface area contributed by atoms with Crippen LogP contribution in [0.25, 0.3) is 0 Å². The number of carbonyl (C=O) groups is 2. The average molecular weight is 282 g/mol. The molecule has 0 saturated heterocycles. The standard InChI is InChI=1S/C14H18O6/c1-4-9-8-10(19-3)6-7-11(9)20-14(5-2,12(15)16)13(17)18/h6-8H,4-5H2,1-3H3,(H,15,16)(H,17,18). The van der Waals surface area contributed by atoms with Crippen LogP contribution >= 0.6 is 0 Å². The van der Waals surface area contributed by atoms with Gasteiger partial charge in [0.2, 0.25) is 0 Å². The van der Waals surface area contributed by atoms with Crippen LogP contribution in [0.3, 0.4) is 0 Å². The summed E-state index contributed by atoms with van der Waals surface area (Å²) in [5.41, 5.74) is -1.59. The predicted octanol–water partition coefficient (Wildman–Crippen LogP) is 1.95. The third-order valence-electron chi connectivity index (χ3n) is 3.12. The molecule has 6 heteroatoms. The van der Waals surface area contributed by atoms with Gasteiger partial charge < -0.3 is 19.7 Å². The van der Waals surface area contributed by atoms with Crippen molar-refractivity contribution in [2.45, 2.75) is 32.3 Å². The molecule has 0 aromatic heterocycles. The highest BCUT2D eigenvalue weighted by atomic mass is 16.6. The lowest BCUT2D eigenvalue weighted by Gasteiger charge is -2.26. The number of aliphatic carboxylic acids is 2. The van der Waals surface area contributed by atoms with E-state index in [1.807, 2.05) is 6.92 Å². The highest BCUT2D eigenvalue weighted by Gasteiger charge is 2.48. The Morgan fingerprint density at radius 2 is 1.80 bits per heavy atom. The van der Waals surface area contributed by atoms with Gasteiger partial charge in [0.15, 0.2) is 0 Å².